The van der Waals surface area contributed by atoms with Gasteiger partial charge in [0.1, 0.15) is 5.82 Å². The highest BCUT2D eigenvalue weighted by Crippen LogP contribution is 2.16. The van der Waals surface area contributed by atoms with Gasteiger partial charge in [-0.1, -0.05) is 12.1 Å². The first-order valence-electron chi connectivity index (χ1n) is 6.97. The number of nitrogens with zero attached hydrogens (tertiary/aromatic N) is 2. The molecular weight excluding hydrogens is 258 g/mol. The quantitative estimate of drug-likeness (QED) is 0.739. The Morgan fingerprint density at radius 3 is 2.75 bits per heavy atom. The van der Waals surface area contributed by atoms with Gasteiger partial charge in [-0.2, -0.15) is 0 Å². The van der Waals surface area contributed by atoms with Crippen LogP contribution >= 0.6 is 0 Å². The smallest absolute Gasteiger partial charge is 0.423 e. The monoisotopic (exact) mass is 280 g/mol. The van der Waals surface area contributed by atoms with Gasteiger partial charge in [0.2, 0.25) is 0 Å². The molecule has 2 rings (SSSR count). The maximum absolute atomic E-state index is 13.9. The summed E-state index contributed by atoms with van der Waals surface area (Å²) in [5.41, 5.74) is 0.773. The van der Waals surface area contributed by atoms with E-state index in [0.717, 1.165) is 19.6 Å². The summed E-state index contributed by atoms with van der Waals surface area (Å²) >= 11 is 0. The highest BCUT2D eigenvalue weighted by molar-refractivity contribution is 6.58. The molecule has 1 heterocycles. The molecule has 0 saturated carbocycles. The number of likely N-dealkylation sites (tertiary alicyclic amines) is 1. The molecule has 0 radical (unpaired) electrons. The van der Waals surface area contributed by atoms with Crippen LogP contribution < -0.4 is 5.46 Å². The molecule has 1 aromatic rings. The lowest BCUT2D eigenvalue weighted by molar-refractivity contribution is 0.264. The number of benzene rings is 1. The van der Waals surface area contributed by atoms with E-state index in [4.69, 9.17) is 10.0 Å². The minimum Gasteiger partial charge on any atom is -0.423 e. The Hall–Kier alpha value is -0.945. The number of hydrogen-bond acceptors (Lipinski definition) is 4. The van der Waals surface area contributed by atoms with Gasteiger partial charge < -0.3 is 19.8 Å². The van der Waals surface area contributed by atoms with Gasteiger partial charge in [0, 0.05) is 25.2 Å². The summed E-state index contributed by atoms with van der Waals surface area (Å²) in [6.45, 7) is 3.72. The van der Waals surface area contributed by atoms with Crippen molar-refractivity contribution < 1.29 is 14.4 Å². The van der Waals surface area contributed by atoms with Gasteiger partial charge in [0.15, 0.2) is 0 Å². The normalized spacial score (nSPS) is 19.8. The Bertz CT molecular complexity index is 459. The van der Waals surface area contributed by atoms with E-state index in [2.05, 4.69) is 16.8 Å². The first-order valence-corrected chi connectivity index (χ1v) is 6.97. The van der Waals surface area contributed by atoms with Crippen molar-refractivity contribution >= 4 is 12.6 Å². The van der Waals surface area contributed by atoms with E-state index >= 15 is 0 Å². The molecule has 0 spiro atoms. The third-order valence-corrected chi connectivity index (χ3v) is 3.87. The van der Waals surface area contributed by atoms with E-state index in [1.54, 1.807) is 12.1 Å². The molecule has 4 nitrogen and oxygen atoms in total. The van der Waals surface area contributed by atoms with Gasteiger partial charge >= 0.3 is 7.12 Å². The highest BCUT2D eigenvalue weighted by atomic mass is 19.1. The van der Waals surface area contributed by atoms with Gasteiger partial charge in [-0.05, 0) is 44.5 Å². The Balaban J connectivity index is 1.92. The summed E-state index contributed by atoms with van der Waals surface area (Å²) in [6.07, 6.45) is 1.19. The van der Waals surface area contributed by atoms with Crippen LogP contribution in [-0.4, -0.2) is 60.7 Å². The lowest BCUT2D eigenvalue weighted by Gasteiger charge is -2.21. The number of halogens is 1. The second-order valence-electron chi connectivity index (χ2n) is 5.84. The largest absolute Gasteiger partial charge is 0.488 e. The van der Waals surface area contributed by atoms with Crippen LogP contribution in [0.2, 0.25) is 0 Å². The Kier molecular flexibility index (Phi) is 5.15. The summed E-state index contributed by atoms with van der Waals surface area (Å²) in [4.78, 5) is 4.44. The van der Waals surface area contributed by atoms with Crippen molar-refractivity contribution in [1.82, 2.24) is 9.80 Å². The van der Waals surface area contributed by atoms with Gasteiger partial charge in [-0.15, -0.1) is 0 Å². The Morgan fingerprint density at radius 2 is 2.20 bits per heavy atom. The van der Waals surface area contributed by atoms with Crippen LogP contribution in [0.1, 0.15) is 12.0 Å². The third kappa shape index (κ3) is 4.02. The van der Waals surface area contributed by atoms with E-state index in [9.17, 15) is 4.39 Å². The van der Waals surface area contributed by atoms with Crippen molar-refractivity contribution in [2.75, 3.05) is 33.7 Å². The third-order valence-electron chi connectivity index (χ3n) is 3.87. The zero-order chi connectivity index (χ0) is 14.7. The molecule has 1 atom stereocenters. The summed E-state index contributed by atoms with van der Waals surface area (Å²) in [5.74, 6) is 0.262. The SMILES string of the molecule is CN1CCC(CN(C)Cc2ccc(B(O)O)cc2F)C1. The van der Waals surface area contributed by atoms with Gasteiger partial charge in [0.05, 0.1) is 0 Å². The molecule has 0 aromatic heterocycles. The average Bonchev–Trinajstić information content (AvgIpc) is 2.77. The van der Waals surface area contributed by atoms with Crippen LogP contribution in [0.25, 0.3) is 0 Å². The van der Waals surface area contributed by atoms with Gasteiger partial charge in [-0.3, -0.25) is 0 Å². The molecule has 1 aromatic carbocycles. The fourth-order valence-electron chi connectivity index (χ4n) is 2.82. The molecule has 1 aliphatic heterocycles. The molecule has 1 unspecified atom stereocenters. The van der Waals surface area contributed by atoms with Crippen LogP contribution in [0, 0.1) is 11.7 Å². The molecule has 0 aliphatic carbocycles. The first-order chi connectivity index (χ1) is 9.45. The second-order valence-corrected chi connectivity index (χ2v) is 5.84. The molecule has 6 heteroatoms. The molecule has 2 N–H and O–H groups in total. The fourth-order valence-corrected chi connectivity index (χ4v) is 2.82. The predicted octanol–water partition coefficient (Wildman–Crippen LogP) is -0.111. The van der Waals surface area contributed by atoms with E-state index in [0.29, 0.717) is 18.0 Å². The Labute approximate surface area is 120 Å². The zero-order valence-corrected chi connectivity index (χ0v) is 12.1. The minimum absolute atomic E-state index is 0.186. The van der Waals surface area contributed by atoms with Crippen LogP contribution in [0.15, 0.2) is 18.2 Å². The maximum Gasteiger partial charge on any atom is 0.488 e. The lowest BCUT2D eigenvalue weighted by atomic mass is 9.80. The molecular formula is C14H22BFN2O2. The standard InChI is InChI=1S/C14H22BFN2O2/c1-17-6-5-11(8-17)9-18(2)10-12-3-4-13(15(19)20)7-14(12)16/h3-4,7,11,19-20H,5-6,8-10H2,1-2H3. The van der Waals surface area contributed by atoms with Crippen molar-refractivity contribution in [3.05, 3.63) is 29.6 Å². The molecule has 1 aliphatic rings. The molecule has 110 valence electrons. The topological polar surface area (TPSA) is 46.9 Å². The molecule has 1 saturated heterocycles. The van der Waals surface area contributed by atoms with Gasteiger partial charge in [-0.25, -0.2) is 4.39 Å². The maximum atomic E-state index is 13.9. The van der Waals surface area contributed by atoms with E-state index in [1.807, 2.05) is 7.05 Å². The van der Waals surface area contributed by atoms with Crippen molar-refractivity contribution in [1.29, 1.82) is 0 Å². The molecule has 0 amide bonds. The van der Waals surface area contributed by atoms with Crippen molar-refractivity contribution in [3.8, 4) is 0 Å². The van der Waals surface area contributed by atoms with Crippen molar-refractivity contribution in [3.63, 3.8) is 0 Å². The number of rotatable bonds is 5. The van der Waals surface area contributed by atoms with E-state index < -0.39 is 7.12 Å². The Morgan fingerprint density at radius 1 is 1.45 bits per heavy atom. The lowest BCUT2D eigenvalue weighted by Crippen LogP contribution is -2.31. The summed E-state index contributed by atoms with van der Waals surface area (Å²) < 4.78 is 13.9. The molecule has 20 heavy (non-hydrogen) atoms. The minimum atomic E-state index is -1.62. The van der Waals surface area contributed by atoms with E-state index in [1.165, 1.54) is 12.5 Å². The highest BCUT2D eigenvalue weighted by Gasteiger charge is 2.21. The summed E-state index contributed by atoms with van der Waals surface area (Å²) in [6, 6.07) is 4.37. The summed E-state index contributed by atoms with van der Waals surface area (Å²) in [5, 5.41) is 18.0. The molecule has 0 bridgehead atoms. The fraction of sp³-hybridized carbons (Fsp3) is 0.571. The molecule has 1 fully saturated rings. The summed E-state index contributed by atoms with van der Waals surface area (Å²) in [7, 11) is 2.50. The zero-order valence-electron chi connectivity index (χ0n) is 12.1. The van der Waals surface area contributed by atoms with Crippen LogP contribution in [0.3, 0.4) is 0 Å². The van der Waals surface area contributed by atoms with Crippen molar-refractivity contribution in [2.45, 2.75) is 13.0 Å². The van der Waals surface area contributed by atoms with Gasteiger partial charge in [0.25, 0.3) is 0 Å². The predicted molar refractivity (Wildman–Crippen MR) is 78.2 cm³/mol. The van der Waals surface area contributed by atoms with Crippen LogP contribution in [-0.2, 0) is 6.54 Å². The second kappa shape index (κ2) is 6.67. The van der Waals surface area contributed by atoms with Crippen molar-refractivity contribution in [2.24, 2.45) is 5.92 Å². The number of hydrogen-bond donors (Lipinski definition) is 2. The van der Waals surface area contributed by atoms with E-state index in [-0.39, 0.29) is 11.3 Å². The van der Waals surface area contributed by atoms with Crippen LogP contribution in [0.4, 0.5) is 4.39 Å². The van der Waals surface area contributed by atoms with Crippen LogP contribution in [0.5, 0.6) is 0 Å². The average molecular weight is 280 g/mol. The first kappa shape index (κ1) is 15.4.